The molecule has 2 rings (SSSR count). The summed E-state index contributed by atoms with van der Waals surface area (Å²) in [4.78, 5) is 4.24. The Labute approximate surface area is 120 Å². The maximum absolute atomic E-state index is 5.79. The topological polar surface area (TPSA) is 39.9 Å². The summed E-state index contributed by atoms with van der Waals surface area (Å²) in [7, 11) is 0. The molecule has 0 radical (unpaired) electrons. The SMILES string of the molecule is CCC(C)c1ccc(OCc2ncnn2C(C)C)cc1. The lowest BCUT2D eigenvalue weighted by Crippen LogP contribution is -2.10. The minimum Gasteiger partial charge on any atom is -0.486 e. The molecule has 0 saturated heterocycles. The molecule has 0 aliphatic carbocycles. The standard InChI is InChI=1S/C16H23N3O/c1-5-13(4)14-6-8-15(9-7-14)20-10-16-17-11-18-19(16)12(2)3/h6-9,11-13H,5,10H2,1-4H3. The molecular formula is C16H23N3O. The number of hydrogen-bond acceptors (Lipinski definition) is 3. The third-order valence-corrected chi connectivity index (χ3v) is 3.57. The second-order valence-corrected chi connectivity index (χ2v) is 5.38. The van der Waals surface area contributed by atoms with Gasteiger partial charge in [0.05, 0.1) is 0 Å². The maximum Gasteiger partial charge on any atom is 0.165 e. The quantitative estimate of drug-likeness (QED) is 0.800. The number of ether oxygens (including phenoxy) is 1. The van der Waals surface area contributed by atoms with Crippen molar-refractivity contribution < 1.29 is 4.74 Å². The third-order valence-electron chi connectivity index (χ3n) is 3.57. The predicted octanol–water partition coefficient (Wildman–Crippen LogP) is 3.95. The number of benzene rings is 1. The largest absolute Gasteiger partial charge is 0.486 e. The van der Waals surface area contributed by atoms with Gasteiger partial charge in [-0.15, -0.1) is 0 Å². The van der Waals surface area contributed by atoms with E-state index in [-0.39, 0.29) is 0 Å². The van der Waals surface area contributed by atoms with Gasteiger partial charge in [0, 0.05) is 6.04 Å². The summed E-state index contributed by atoms with van der Waals surface area (Å²) in [5.74, 6) is 2.31. The van der Waals surface area contributed by atoms with E-state index in [9.17, 15) is 0 Å². The van der Waals surface area contributed by atoms with Gasteiger partial charge in [-0.3, -0.25) is 0 Å². The van der Waals surface area contributed by atoms with Crippen molar-refractivity contribution in [3.63, 3.8) is 0 Å². The summed E-state index contributed by atoms with van der Waals surface area (Å²) in [6.07, 6.45) is 2.72. The van der Waals surface area contributed by atoms with Crippen molar-refractivity contribution in [2.45, 2.75) is 52.7 Å². The summed E-state index contributed by atoms with van der Waals surface area (Å²) < 4.78 is 7.67. The molecule has 0 aliphatic rings. The molecule has 1 atom stereocenters. The molecule has 0 amide bonds. The first kappa shape index (κ1) is 14.6. The Morgan fingerprint density at radius 2 is 1.85 bits per heavy atom. The Bertz CT molecular complexity index is 531. The van der Waals surface area contributed by atoms with E-state index >= 15 is 0 Å². The van der Waals surface area contributed by atoms with Crippen LogP contribution >= 0.6 is 0 Å². The van der Waals surface area contributed by atoms with Gasteiger partial charge < -0.3 is 4.74 Å². The molecule has 2 aromatic rings. The average Bonchev–Trinajstić information content (AvgIpc) is 2.93. The van der Waals surface area contributed by atoms with Crippen LogP contribution in [0, 0.1) is 0 Å². The molecule has 0 saturated carbocycles. The summed E-state index contributed by atoms with van der Waals surface area (Å²) in [6.45, 7) is 9.05. The van der Waals surface area contributed by atoms with E-state index in [1.807, 2.05) is 16.8 Å². The summed E-state index contributed by atoms with van der Waals surface area (Å²) in [6, 6.07) is 8.62. The zero-order valence-corrected chi connectivity index (χ0v) is 12.7. The van der Waals surface area contributed by atoms with Crippen LogP contribution in [-0.2, 0) is 6.61 Å². The van der Waals surface area contributed by atoms with Crippen molar-refractivity contribution in [2.75, 3.05) is 0 Å². The molecule has 108 valence electrons. The Morgan fingerprint density at radius 1 is 1.15 bits per heavy atom. The van der Waals surface area contributed by atoms with Crippen LogP contribution in [0.15, 0.2) is 30.6 Å². The lowest BCUT2D eigenvalue weighted by Gasteiger charge is -2.12. The lowest BCUT2D eigenvalue weighted by atomic mass is 9.99. The first-order valence-electron chi connectivity index (χ1n) is 7.23. The van der Waals surface area contributed by atoms with E-state index in [4.69, 9.17) is 4.74 Å². The second kappa shape index (κ2) is 6.55. The van der Waals surface area contributed by atoms with Crippen LogP contribution in [0.5, 0.6) is 5.75 Å². The monoisotopic (exact) mass is 273 g/mol. The van der Waals surface area contributed by atoms with E-state index in [1.165, 1.54) is 5.56 Å². The first-order valence-corrected chi connectivity index (χ1v) is 7.23. The molecule has 0 spiro atoms. The van der Waals surface area contributed by atoms with Crippen molar-refractivity contribution in [3.05, 3.63) is 42.0 Å². The Hall–Kier alpha value is -1.84. The highest BCUT2D eigenvalue weighted by molar-refractivity contribution is 5.29. The van der Waals surface area contributed by atoms with E-state index in [0.29, 0.717) is 18.6 Å². The van der Waals surface area contributed by atoms with Gasteiger partial charge in [0.15, 0.2) is 5.82 Å². The lowest BCUT2D eigenvalue weighted by molar-refractivity contribution is 0.282. The summed E-state index contributed by atoms with van der Waals surface area (Å²) in [5, 5.41) is 4.20. The van der Waals surface area contributed by atoms with Gasteiger partial charge in [-0.2, -0.15) is 5.10 Å². The molecule has 1 aromatic carbocycles. The van der Waals surface area contributed by atoms with Gasteiger partial charge in [-0.25, -0.2) is 9.67 Å². The predicted molar refractivity (Wildman–Crippen MR) is 79.9 cm³/mol. The van der Waals surface area contributed by atoms with Crippen molar-refractivity contribution >= 4 is 0 Å². The molecule has 0 aliphatic heterocycles. The fourth-order valence-corrected chi connectivity index (χ4v) is 2.08. The first-order chi connectivity index (χ1) is 9.61. The number of nitrogens with zero attached hydrogens (tertiary/aromatic N) is 3. The second-order valence-electron chi connectivity index (χ2n) is 5.38. The van der Waals surface area contributed by atoms with E-state index in [2.05, 4.69) is 49.9 Å². The zero-order chi connectivity index (χ0) is 14.5. The molecule has 1 aromatic heterocycles. The molecule has 4 heteroatoms. The van der Waals surface area contributed by atoms with Crippen LogP contribution in [0.2, 0.25) is 0 Å². The van der Waals surface area contributed by atoms with Crippen molar-refractivity contribution in [3.8, 4) is 5.75 Å². The summed E-state index contributed by atoms with van der Waals surface area (Å²) >= 11 is 0. The molecule has 0 N–H and O–H groups in total. The highest BCUT2D eigenvalue weighted by Crippen LogP contribution is 2.22. The Kier molecular flexibility index (Phi) is 4.77. The minimum atomic E-state index is 0.295. The molecule has 4 nitrogen and oxygen atoms in total. The minimum absolute atomic E-state index is 0.295. The van der Waals surface area contributed by atoms with E-state index in [1.54, 1.807) is 6.33 Å². The highest BCUT2D eigenvalue weighted by atomic mass is 16.5. The normalized spacial score (nSPS) is 12.7. The van der Waals surface area contributed by atoms with E-state index in [0.717, 1.165) is 18.0 Å². The van der Waals surface area contributed by atoms with Gasteiger partial charge in [-0.1, -0.05) is 26.0 Å². The van der Waals surface area contributed by atoms with Crippen molar-refractivity contribution in [1.82, 2.24) is 14.8 Å². The Balaban J connectivity index is 1.99. The smallest absolute Gasteiger partial charge is 0.165 e. The van der Waals surface area contributed by atoms with Crippen LogP contribution in [0.1, 0.15) is 57.5 Å². The van der Waals surface area contributed by atoms with Gasteiger partial charge in [-0.05, 0) is 43.9 Å². The van der Waals surface area contributed by atoms with Gasteiger partial charge >= 0.3 is 0 Å². The highest BCUT2D eigenvalue weighted by Gasteiger charge is 2.08. The molecule has 1 unspecified atom stereocenters. The fraction of sp³-hybridized carbons (Fsp3) is 0.500. The molecule has 20 heavy (non-hydrogen) atoms. The van der Waals surface area contributed by atoms with Crippen LogP contribution in [-0.4, -0.2) is 14.8 Å². The van der Waals surface area contributed by atoms with Crippen molar-refractivity contribution in [1.29, 1.82) is 0 Å². The maximum atomic E-state index is 5.79. The summed E-state index contributed by atoms with van der Waals surface area (Å²) in [5.41, 5.74) is 1.35. The number of aromatic nitrogens is 3. The molecule has 0 fully saturated rings. The number of hydrogen-bond donors (Lipinski definition) is 0. The third kappa shape index (κ3) is 3.38. The van der Waals surface area contributed by atoms with Crippen LogP contribution in [0.3, 0.4) is 0 Å². The van der Waals surface area contributed by atoms with Crippen LogP contribution in [0.4, 0.5) is 0 Å². The van der Waals surface area contributed by atoms with Gasteiger partial charge in [0.25, 0.3) is 0 Å². The number of rotatable bonds is 6. The van der Waals surface area contributed by atoms with Gasteiger partial charge in [0.1, 0.15) is 18.7 Å². The average molecular weight is 273 g/mol. The fourth-order valence-electron chi connectivity index (χ4n) is 2.08. The van der Waals surface area contributed by atoms with Crippen LogP contribution in [0.25, 0.3) is 0 Å². The van der Waals surface area contributed by atoms with E-state index < -0.39 is 0 Å². The zero-order valence-electron chi connectivity index (χ0n) is 12.7. The molecule has 0 bridgehead atoms. The molecular weight excluding hydrogens is 250 g/mol. The molecule has 1 heterocycles. The van der Waals surface area contributed by atoms with Crippen LogP contribution < -0.4 is 4.74 Å². The van der Waals surface area contributed by atoms with Gasteiger partial charge in [0.2, 0.25) is 0 Å². The Morgan fingerprint density at radius 3 is 2.45 bits per heavy atom. The van der Waals surface area contributed by atoms with Crippen molar-refractivity contribution in [2.24, 2.45) is 0 Å².